The summed E-state index contributed by atoms with van der Waals surface area (Å²) >= 11 is 5.87. The van der Waals surface area contributed by atoms with Crippen molar-refractivity contribution in [3.05, 3.63) is 65.4 Å². The van der Waals surface area contributed by atoms with Gasteiger partial charge >= 0.3 is 0 Å². The van der Waals surface area contributed by atoms with E-state index < -0.39 is 0 Å². The third-order valence-corrected chi connectivity index (χ3v) is 3.68. The Kier molecular flexibility index (Phi) is 5.64. The Morgan fingerprint density at radius 1 is 1.12 bits per heavy atom. The Labute approximate surface area is 150 Å². The van der Waals surface area contributed by atoms with E-state index in [9.17, 15) is 4.79 Å². The van der Waals surface area contributed by atoms with Crippen LogP contribution in [0.25, 0.3) is 11.4 Å². The normalized spacial score (nSPS) is 10.4. The van der Waals surface area contributed by atoms with Gasteiger partial charge in [-0.25, -0.2) is 4.98 Å². The van der Waals surface area contributed by atoms with Crippen molar-refractivity contribution in [1.29, 1.82) is 0 Å². The standard InChI is InChI=1S/C18H17ClN4O2/c19-14-8-6-13(7-9-14)18-21-16(22-23-18)10-11-20-17(24)12-25-15-4-2-1-3-5-15/h1-9H,10-12H2,(H,20,24)(H,21,22,23). The van der Waals surface area contributed by atoms with Gasteiger partial charge in [-0.1, -0.05) is 29.8 Å². The number of ether oxygens (including phenoxy) is 1. The van der Waals surface area contributed by atoms with E-state index in [0.29, 0.717) is 35.4 Å². The smallest absolute Gasteiger partial charge is 0.257 e. The zero-order chi connectivity index (χ0) is 17.5. The number of carbonyl (C=O) groups excluding carboxylic acids is 1. The number of hydrogen-bond donors (Lipinski definition) is 2. The molecule has 1 aromatic heterocycles. The van der Waals surface area contributed by atoms with Crippen LogP contribution in [-0.2, 0) is 11.2 Å². The van der Waals surface area contributed by atoms with Crippen molar-refractivity contribution in [3.8, 4) is 17.1 Å². The van der Waals surface area contributed by atoms with Gasteiger partial charge in [0.05, 0.1) is 0 Å². The van der Waals surface area contributed by atoms with Crippen molar-refractivity contribution in [2.45, 2.75) is 6.42 Å². The summed E-state index contributed by atoms with van der Waals surface area (Å²) in [6.07, 6.45) is 0.553. The third-order valence-electron chi connectivity index (χ3n) is 3.43. The number of nitrogens with zero attached hydrogens (tertiary/aromatic N) is 2. The number of hydrogen-bond acceptors (Lipinski definition) is 4. The molecule has 128 valence electrons. The highest BCUT2D eigenvalue weighted by Gasteiger charge is 2.07. The Morgan fingerprint density at radius 3 is 2.64 bits per heavy atom. The van der Waals surface area contributed by atoms with E-state index in [1.54, 1.807) is 24.3 Å². The highest BCUT2D eigenvalue weighted by molar-refractivity contribution is 6.30. The van der Waals surface area contributed by atoms with E-state index in [1.807, 2.05) is 30.3 Å². The van der Waals surface area contributed by atoms with Gasteiger partial charge in [0.1, 0.15) is 11.6 Å². The van der Waals surface area contributed by atoms with Crippen molar-refractivity contribution >= 4 is 17.5 Å². The Hall–Kier alpha value is -2.86. The predicted molar refractivity (Wildman–Crippen MR) is 95.5 cm³/mol. The molecule has 0 fully saturated rings. The lowest BCUT2D eigenvalue weighted by Crippen LogP contribution is -2.30. The van der Waals surface area contributed by atoms with E-state index in [-0.39, 0.29) is 12.5 Å². The zero-order valence-electron chi connectivity index (χ0n) is 13.4. The second-order valence-electron chi connectivity index (χ2n) is 5.31. The first-order valence-electron chi connectivity index (χ1n) is 7.82. The van der Waals surface area contributed by atoms with Crippen LogP contribution in [0.1, 0.15) is 5.82 Å². The molecule has 2 aromatic carbocycles. The summed E-state index contributed by atoms with van der Waals surface area (Å²) in [5.74, 6) is 1.79. The fourth-order valence-electron chi connectivity index (χ4n) is 2.17. The maximum absolute atomic E-state index is 11.8. The number of H-pyrrole nitrogens is 1. The molecule has 3 aromatic rings. The van der Waals surface area contributed by atoms with Crippen molar-refractivity contribution < 1.29 is 9.53 Å². The maximum atomic E-state index is 11.8. The number of para-hydroxylation sites is 1. The van der Waals surface area contributed by atoms with Gasteiger partial charge in [0.25, 0.3) is 5.91 Å². The highest BCUT2D eigenvalue weighted by atomic mass is 35.5. The maximum Gasteiger partial charge on any atom is 0.257 e. The summed E-state index contributed by atoms with van der Waals surface area (Å²) in [6, 6.07) is 16.5. The van der Waals surface area contributed by atoms with Crippen LogP contribution >= 0.6 is 11.6 Å². The molecule has 0 aliphatic heterocycles. The number of carbonyl (C=O) groups is 1. The summed E-state index contributed by atoms with van der Waals surface area (Å²) < 4.78 is 5.38. The first-order valence-corrected chi connectivity index (χ1v) is 8.20. The minimum Gasteiger partial charge on any atom is -0.484 e. The van der Waals surface area contributed by atoms with Gasteiger partial charge in [0.2, 0.25) is 0 Å². The number of amides is 1. The Bertz CT molecular complexity index is 819. The summed E-state index contributed by atoms with van der Waals surface area (Å²) in [5.41, 5.74) is 0.882. The average Bonchev–Trinajstić information content (AvgIpc) is 3.10. The van der Waals surface area contributed by atoms with Crippen molar-refractivity contribution in [2.75, 3.05) is 13.2 Å². The van der Waals surface area contributed by atoms with Gasteiger partial charge in [-0.2, -0.15) is 5.10 Å². The van der Waals surface area contributed by atoms with Crippen molar-refractivity contribution in [1.82, 2.24) is 20.5 Å². The van der Waals surface area contributed by atoms with Gasteiger partial charge in [-0.05, 0) is 36.4 Å². The molecule has 0 aliphatic carbocycles. The second kappa shape index (κ2) is 8.30. The summed E-state index contributed by atoms with van der Waals surface area (Å²) in [4.78, 5) is 16.2. The topological polar surface area (TPSA) is 79.9 Å². The molecule has 0 atom stereocenters. The molecule has 25 heavy (non-hydrogen) atoms. The minimum absolute atomic E-state index is 0.0174. The fraction of sp³-hybridized carbons (Fsp3) is 0.167. The minimum atomic E-state index is -0.179. The van der Waals surface area contributed by atoms with Gasteiger partial charge in [-0.3, -0.25) is 9.89 Å². The number of halogens is 1. The molecule has 0 bridgehead atoms. The molecule has 6 nitrogen and oxygen atoms in total. The summed E-state index contributed by atoms with van der Waals surface area (Å²) in [6.45, 7) is 0.433. The van der Waals surface area contributed by atoms with Crippen LogP contribution in [0.5, 0.6) is 5.75 Å². The van der Waals surface area contributed by atoms with Crippen LogP contribution in [0, 0.1) is 0 Å². The lowest BCUT2D eigenvalue weighted by molar-refractivity contribution is -0.123. The molecule has 3 rings (SSSR count). The summed E-state index contributed by atoms with van der Waals surface area (Å²) in [5, 5.41) is 10.5. The number of nitrogens with one attached hydrogen (secondary N) is 2. The Balaban J connectivity index is 1.43. The molecule has 0 aliphatic rings. The fourth-order valence-corrected chi connectivity index (χ4v) is 2.30. The average molecular weight is 357 g/mol. The molecular formula is C18H17ClN4O2. The number of aromatic amines is 1. The van der Waals surface area contributed by atoms with E-state index in [4.69, 9.17) is 16.3 Å². The van der Waals surface area contributed by atoms with Gasteiger partial charge < -0.3 is 10.1 Å². The SMILES string of the molecule is O=C(COc1ccccc1)NCCc1nc(-c2ccc(Cl)cc2)n[nH]1. The first kappa shape index (κ1) is 17.0. The van der Waals surface area contributed by atoms with E-state index in [0.717, 1.165) is 5.56 Å². The van der Waals surface area contributed by atoms with E-state index >= 15 is 0 Å². The van der Waals surface area contributed by atoms with Crippen molar-refractivity contribution in [2.24, 2.45) is 0 Å². The number of aromatic nitrogens is 3. The van der Waals surface area contributed by atoms with Gasteiger partial charge in [-0.15, -0.1) is 0 Å². The molecule has 7 heteroatoms. The number of benzene rings is 2. The molecule has 0 saturated heterocycles. The van der Waals surface area contributed by atoms with Crippen LogP contribution in [-0.4, -0.2) is 34.2 Å². The molecule has 0 spiro atoms. The van der Waals surface area contributed by atoms with Crippen LogP contribution < -0.4 is 10.1 Å². The molecule has 0 unspecified atom stereocenters. The van der Waals surface area contributed by atoms with E-state index in [2.05, 4.69) is 20.5 Å². The molecule has 1 heterocycles. The Morgan fingerprint density at radius 2 is 1.88 bits per heavy atom. The molecule has 2 N–H and O–H groups in total. The molecular weight excluding hydrogens is 340 g/mol. The van der Waals surface area contributed by atoms with Crippen LogP contribution in [0.3, 0.4) is 0 Å². The molecule has 1 amide bonds. The third kappa shape index (κ3) is 5.06. The molecule has 0 radical (unpaired) electrons. The van der Waals surface area contributed by atoms with Gasteiger partial charge in [0.15, 0.2) is 12.4 Å². The summed E-state index contributed by atoms with van der Waals surface area (Å²) in [7, 11) is 0. The predicted octanol–water partition coefficient (Wildman–Crippen LogP) is 2.86. The lowest BCUT2D eigenvalue weighted by atomic mass is 10.2. The molecule has 0 saturated carbocycles. The quantitative estimate of drug-likeness (QED) is 0.682. The van der Waals surface area contributed by atoms with Crippen LogP contribution in [0.4, 0.5) is 0 Å². The van der Waals surface area contributed by atoms with E-state index in [1.165, 1.54) is 0 Å². The van der Waals surface area contributed by atoms with Crippen LogP contribution in [0.15, 0.2) is 54.6 Å². The van der Waals surface area contributed by atoms with Gasteiger partial charge in [0, 0.05) is 23.6 Å². The highest BCUT2D eigenvalue weighted by Crippen LogP contribution is 2.17. The number of rotatable bonds is 7. The zero-order valence-corrected chi connectivity index (χ0v) is 14.2. The van der Waals surface area contributed by atoms with Crippen molar-refractivity contribution in [3.63, 3.8) is 0 Å². The largest absolute Gasteiger partial charge is 0.484 e. The first-order chi connectivity index (χ1) is 12.2. The second-order valence-corrected chi connectivity index (χ2v) is 5.75. The monoisotopic (exact) mass is 356 g/mol. The van der Waals surface area contributed by atoms with Crippen LogP contribution in [0.2, 0.25) is 5.02 Å². The lowest BCUT2D eigenvalue weighted by Gasteiger charge is -2.06.